The molecule has 0 aromatic carbocycles. The largest absolute Gasteiger partial charge is 0.348 e. The van der Waals surface area contributed by atoms with Crippen molar-refractivity contribution in [2.24, 2.45) is 0 Å². The molecule has 2 aromatic heterocycles. The molecule has 1 aliphatic rings. The zero-order chi connectivity index (χ0) is 14.3. The van der Waals surface area contributed by atoms with Crippen molar-refractivity contribution in [1.29, 1.82) is 0 Å². The number of aryl methyl sites for hydroxylation is 1. The number of hydrogen-bond acceptors (Lipinski definition) is 4. The first-order valence-corrected chi connectivity index (χ1v) is 8.22. The number of rotatable bonds is 2. The molecule has 0 spiro atoms. The van der Waals surface area contributed by atoms with Gasteiger partial charge in [0, 0.05) is 18.4 Å². The second-order valence-corrected chi connectivity index (χ2v) is 7.34. The molecule has 0 radical (unpaired) electrons. The third-order valence-corrected chi connectivity index (χ3v) is 5.18. The first-order valence-electron chi connectivity index (χ1n) is 6.40. The monoisotopic (exact) mass is 293 g/mol. The summed E-state index contributed by atoms with van der Waals surface area (Å²) in [5.41, 5.74) is 1.88. The van der Waals surface area contributed by atoms with Crippen LogP contribution in [0, 0.1) is 6.92 Å². The summed E-state index contributed by atoms with van der Waals surface area (Å²) in [6.45, 7) is 1.86. The van der Waals surface area contributed by atoms with E-state index in [4.69, 9.17) is 0 Å². The van der Waals surface area contributed by atoms with E-state index < -0.39 is 9.84 Å². The maximum Gasteiger partial charge on any atom is 0.255 e. The number of imidazole rings is 1. The molecular weight excluding hydrogens is 278 g/mol. The Morgan fingerprint density at radius 3 is 3.00 bits per heavy atom. The molecule has 1 atom stereocenters. The molecule has 3 rings (SSSR count). The van der Waals surface area contributed by atoms with Crippen molar-refractivity contribution in [3.05, 3.63) is 35.8 Å². The van der Waals surface area contributed by atoms with Gasteiger partial charge in [0.05, 0.1) is 22.8 Å². The predicted octanol–water partition coefficient (Wildman–Crippen LogP) is 0.560. The molecule has 106 valence electrons. The van der Waals surface area contributed by atoms with Gasteiger partial charge < -0.3 is 9.72 Å². The number of fused-ring (bicyclic) bond motifs is 1. The molecule has 7 heteroatoms. The second-order valence-electron chi connectivity index (χ2n) is 5.11. The smallest absolute Gasteiger partial charge is 0.255 e. The lowest BCUT2D eigenvalue weighted by Gasteiger charge is -2.11. The number of hydrogen-bond donors (Lipinski definition) is 1. The lowest BCUT2D eigenvalue weighted by Crippen LogP contribution is -2.35. The van der Waals surface area contributed by atoms with Crippen LogP contribution < -0.4 is 5.32 Å². The van der Waals surface area contributed by atoms with Crippen molar-refractivity contribution in [3.63, 3.8) is 0 Å². The van der Waals surface area contributed by atoms with Crippen molar-refractivity contribution in [2.75, 3.05) is 11.5 Å². The quantitative estimate of drug-likeness (QED) is 0.877. The normalized spacial score (nSPS) is 21.1. The summed E-state index contributed by atoms with van der Waals surface area (Å²) in [5.74, 6) is -0.108. The number of pyridine rings is 1. The molecular formula is C13H15N3O3S. The van der Waals surface area contributed by atoms with Gasteiger partial charge in [-0.15, -0.1) is 0 Å². The average Bonchev–Trinajstić information content (AvgIpc) is 2.90. The van der Waals surface area contributed by atoms with Crippen molar-refractivity contribution >= 4 is 21.4 Å². The van der Waals surface area contributed by atoms with Crippen LogP contribution in [-0.4, -0.2) is 41.3 Å². The summed E-state index contributed by atoms with van der Waals surface area (Å²) in [5, 5.41) is 2.78. The Balaban J connectivity index is 1.86. The summed E-state index contributed by atoms with van der Waals surface area (Å²) in [4.78, 5) is 16.6. The van der Waals surface area contributed by atoms with Gasteiger partial charge in [-0.25, -0.2) is 13.4 Å². The van der Waals surface area contributed by atoms with Crippen molar-refractivity contribution < 1.29 is 13.2 Å². The molecule has 1 saturated heterocycles. The van der Waals surface area contributed by atoms with Crippen LogP contribution in [0.15, 0.2) is 24.5 Å². The van der Waals surface area contributed by atoms with Gasteiger partial charge in [-0.1, -0.05) is 0 Å². The molecule has 3 heterocycles. The summed E-state index contributed by atoms with van der Waals surface area (Å²) in [7, 11) is -3.00. The van der Waals surface area contributed by atoms with Gasteiger partial charge in [0.1, 0.15) is 5.65 Å². The summed E-state index contributed by atoms with van der Waals surface area (Å²) >= 11 is 0. The van der Waals surface area contributed by atoms with E-state index >= 15 is 0 Å². The fraction of sp³-hybridized carbons (Fsp3) is 0.385. The van der Waals surface area contributed by atoms with Gasteiger partial charge in [0.2, 0.25) is 0 Å². The average molecular weight is 293 g/mol. The van der Waals surface area contributed by atoms with Crippen LogP contribution in [0.3, 0.4) is 0 Å². The SMILES string of the molecule is Cc1cn2cccc(C(=O)NC3CCS(=O)(=O)C3)c2n1. The molecule has 1 unspecified atom stereocenters. The van der Waals surface area contributed by atoms with E-state index in [9.17, 15) is 13.2 Å². The van der Waals surface area contributed by atoms with E-state index in [1.54, 1.807) is 16.5 Å². The molecule has 0 bridgehead atoms. The third kappa shape index (κ3) is 2.40. The Morgan fingerprint density at radius 2 is 2.30 bits per heavy atom. The van der Waals surface area contributed by atoms with E-state index in [1.807, 2.05) is 19.3 Å². The minimum atomic E-state index is -3.00. The summed E-state index contributed by atoms with van der Waals surface area (Å²) in [6, 6.07) is 3.17. The van der Waals surface area contributed by atoms with Crippen LogP contribution in [0.2, 0.25) is 0 Å². The highest BCUT2D eigenvalue weighted by Crippen LogP contribution is 2.14. The molecule has 1 fully saturated rings. The van der Waals surface area contributed by atoms with E-state index in [-0.39, 0.29) is 23.5 Å². The van der Waals surface area contributed by atoms with Crippen molar-refractivity contribution in [3.8, 4) is 0 Å². The van der Waals surface area contributed by atoms with E-state index in [0.717, 1.165) is 5.69 Å². The molecule has 1 N–H and O–H groups in total. The Morgan fingerprint density at radius 1 is 1.50 bits per heavy atom. The highest BCUT2D eigenvalue weighted by Gasteiger charge is 2.29. The Labute approximate surface area is 116 Å². The predicted molar refractivity (Wildman–Crippen MR) is 74.5 cm³/mol. The second kappa shape index (κ2) is 4.59. The number of carbonyl (C=O) groups is 1. The van der Waals surface area contributed by atoms with Gasteiger partial charge in [0.15, 0.2) is 9.84 Å². The number of carbonyl (C=O) groups excluding carboxylic acids is 1. The minimum absolute atomic E-state index is 0.0231. The minimum Gasteiger partial charge on any atom is -0.348 e. The van der Waals surface area contributed by atoms with E-state index in [1.165, 1.54) is 0 Å². The molecule has 1 amide bonds. The van der Waals surface area contributed by atoms with Crippen molar-refractivity contribution in [2.45, 2.75) is 19.4 Å². The number of amides is 1. The van der Waals surface area contributed by atoms with Crippen molar-refractivity contribution in [1.82, 2.24) is 14.7 Å². The Kier molecular flexibility index (Phi) is 3.01. The third-order valence-electron chi connectivity index (χ3n) is 3.42. The van der Waals surface area contributed by atoms with Crippen LogP contribution in [0.5, 0.6) is 0 Å². The maximum absolute atomic E-state index is 12.3. The Bertz CT molecular complexity index is 779. The van der Waals surface area contributed by atoms with Crippen LogP contribution in [0.1, 0.15) is 22.5 Å². The van der Waals surface area contributed by atoms with Gasteiger partial charge in [-0.3, -0.25) is 4.79 Å². The number of aromatic nitrogens is 2. The first kappa shape index (κ1) is 13.1. The van der Waals surface area contributed by atoms with E-state index in [2.05, 4.69) is 10.3 Å². The summed E-state index contributed by atoms with van der Waals surface area (Å²) in [6.07, 6.45) is 4.14. The number of nitrogens with zero attached hydrogens (tertiary/aromatic N) is 2. The lowest BCUT2D eigenvalue weighted by atomic mass is 10.2. The molecule has 20 heavy (non-hydrogen) atoms. The molecule has 6 nitrogen and oxygen atoms in total. The topological polar surface area (TPSA) is 80.5 Å². The van der Waals surface area contributed by atoms with Gasteiger partial charge in [0.25, 0.3) is 5.91 Å². The number of nitrogens with one attached hydrogen (secondary N) is 1. The molecule has 0 aliphatic carbocycles. The summed E-state index contributed by atoms with van der Waals surface area (Å²) < 4.78 is 24.6. The zero-order valence-electron chi connectivity index (χ0n) is 11.0. The van der Waals surface area contributed by atoms with E-state index in [0.29, 0.717) is 17.6 Å². The van der Waals surface area contributed by atoms with Crippen LogP contribution in [-0.2, 0) is 9.84 Å². The highest BCUT2D eigenvalue weighted by atomic mass is 32.2. The molecule has 1 aliphatic heterocycles. The highest BCUT2D eigenvalue weighted by molar-refractivity contribution is 7.91. The number of sulfone groups is 1. The Hall–Kier alpha value is -1.89. The van der Waals surface area contributed by atoms with Crippen LogP contribution in [0.25, 0.3) is 5.65 Å². The van der Waals surface area contributed by atoms with Gasteiger partial charge >= 0.3 is 0 Å². The lowest BCUT2D eigenvalue weighted by molar-refractivity contribution is 0.0942. The zero-order valence-corrected chi connectivity index (χ0v) is 11.9. The fourth-order valence-electron chi connectivity index (χ4n) is 2.48. The molecule has 2 aromatic rings. The van der Waals surface area contributed by atoms with Crippen LogP contribution >= 0.6 is 0 Å². The standard InChI is InChI=1S/C13H15N3O3S/c1-9-7-16-5-2-3-11(12(16)14-9)13(17)15-10-4-6-20(18,19)8-10/h2-3,5,7,10H,4,6,8H2,1H3,(H,15,17). The first-order chi connectivity index (χ1) is 9.44. The molecule has 0 saturated carbocycles. The van der Waals surface area contributed by atoms with Gasteiger partial charge in [-0.2, -0.15) is 0 Å². The van der Waals surface area contributed by atoms with Gasteiger partial charge in [-0.05, 0) is 25.5 Å². The maximum atomic E-state index is 12.3. The van der Waals surface area contributed by atoms with Crippen LogP contribution in [0.4, 0.5) is 0 Å². The fourth-order valence-corrected chi connectivity index (χ4v) is 4.16.